The fourth-order valence-electron chi connectivity index (χ4n) is 2.92. The summed E-state index contributed by atoms with van der Waals surface area (Å²) in [5.41, 5.74) is 2.14. The summed E-state index contributed by atoms with van der Waals surface area (Å²) in [5, 5.41) is 10.3. The molecule has 7 nitrogen and oxygen atoms in total. The van der Waals surface area contributed by atoms with Gasteiger partial charge in [0.15, 0.2) is 0 Å². The van der Waals surface area contributed by atoms with Gasteiger partial charge in [0.05, 0.1) is 25.4 Å². The molecular formula is C18H20N2O5S. The predicted molar refractivity (Wildman–Crippen MR) is 97.8 cm³/mol. The van der Waals surface area contributed by atoms with Crippen LogP contribution in [0.15, 0.2) is 42.5 Å². The molecule has 1 atom stereocenters. The Kier molecular flexibility index (Phi) is 5.15. The zero-order valence-corrected chi connectivity index (χ0v) is 15.1. The topological polar surface area (TPSA) is 95.9 Å². The van der Waals surface area contributed by atoms with Crippen molar-refractivity contribution in [3.05, 3.63) is 53.6 Å². The number of methoxy groups -OCH3 is 1. The Bertz CT molecular complexity index is 914. The van der Waals surface area contributed by atoms with Crippen molar-refractivity contribution in [2.45, 2.75) is 18.9 Å². The van der Waals surface area contributed by atoms with E-state index in [2.05, 4.69) is 4.72 Å². The molecule has 1 fully saturated rings. The second-order valence-electron chi connectivity index (χ2n) is 6.07. The van der Waals surface area contributed by atoms with Gasteiger partial charge in [0.1, 0.15) is 17.8 Å². The number of hydrogen-bond acceptors (Lipinski definition) is 5. The van der Waals surface area contributed by atoms with Crippen LogP contribution >= 0.6 is 0 Å². The highest BCUT2D eigenvalue weighted by Gasteiger charge is 2.36. The van der Waals surface area contributed by atoms with Crippen molar-refractivity contribution >= 4 is 22.2 Å². The number of benzene rings is 2. The molecule has 1 unspecified atom stereocenters. The molecule has 0 bridgehead atoms. The van der Waals surface area contributed by atoms with Crippen molar-refractivity contribution in [1.82, 2.24) is 4.72 Å². The number of hydrogen-bond donors (Lipinski definition) is 2. The number of aryl methyl sites for hydroxylation is 2. The van der Waals surface area contributed by atoms with Crippen LogP contribution < -0.4 is 13.8 Å². The first-order valence-corrected chi connectivity index (χ1v) is 9.57. The van der Waals surface area contributed by atoms with Crippen molar-refractivity contribution in [2.24, 2.45) is 0 Å². The van der Waals surface area contributed by atoms with Gasteiger partial charge in [-0.15, -0.1) is 0 Å². The molecule has 0 radical (unpaired) electrons. The number of aldehydes is 1. The minimum atomic E-state index is -3.82. The molecule has 0 saturated carbocycles. The van der Waals surface area contributed by atoms with Crippen LogP contribution in [0.5, 0.6) is 11.5 Å². The first-order chi connectivity index (χ1) is 12.4. The van der Waals surface area contributed by atoms with Crippen LogP contribution in [0.2, 0.25) is 0 Å². The summed E-state index contributed by atoms with van der Waals surface area (Å²) in [7, 11) is -2.20. The number of carbonyl (C=O) groups is 1. The Balaban J connectivity index is 1.74. The van der Waals surface area contributed by atoms with Crippen molar-refractivity contribution in [3.8, 4) is 11.5 Å². The standard InChI is InChI=1S/C18H20N2O5S/c1-25-16-4-2-3-13(9-16)5-6-14-7-8-17(18(22)10-14)20-11-15(12-21)19-26(20,23)24/h2-4,7-10,12,15,19,22H,5-6,11H2,1H3. The van der Waals surface area contributed by atoms with Gasteiger partial charge in [0.2, 0.25) is 0 Å². The van der Waals surface area contributed by atoms with E-state index in [1.54, 1.807) is 25.3 Å². The summed E-state index contributed by atoms with van der Waals surface area (Å²) in [5.74, 6) is 0.655. The van der Waals surface area contributed by atoms with Crippen molar-refractivity contribution in [3.63, 3.8) is 0 Å². The number of ether oxygens (including phenoxy) is 1. The molecule has 138 valence electrons. The van der Waals surface area contributed by atoms with E-state index in [0.717, 1.165) is 27.6 Å². The number of phenols is 1. The molecule has 2 N–H and O–H groups in total. The second-order valence-corrected chi connectivity index (χ2v) is 7.70. The fraction of sp³-hybridized carbons (Fsp3) is 0.278. The molecule has 2 aromatic rings. The van der Waals surface area contributed by atoms with Crippen LogP contribution in [0.1, 0.15) is 11.1 Å². The molecule has 0 aromatic heterocycles. The summed E-state index contributed by atoms with van der Waals surface area (Å²) in [6, 6.07) is 11.8. The molecule has 1 aliphatic heterocycles. The molecular weight excluding hydrogens is 356 g/mol. The highest BCUT2D eigenvalue weighted by molar-refractivity contribution is 7.91. The third-order valence-electron chi connectivity index (χ3n) is 4.26. The quantitative estimate of drug-likeness (QED) is 0.743. The maximum absolute atomic E-state index is 12.1. The monoisotopic (exact) mass is 376 g/mol. The summed E-state index contributed by atoms with van der Waals surface area (Å²) in [6.07, 6.45) is 1.98. The van der Waals surface area contributed by atoms with Gasteiger partial charge in [-0.3, -0.25) is 4.31 Å². The molecule has 0 spiro atoms. The number of anilines is 1. The van der Waals surface area contributed by atoms with Gasteiger partial charge >= 0.3 is 10.2 Å². The lowest BCUT2D eigenvalue weighted by Crippen LogP contribution is -2.30. The van der Waals surface area contributed by atoms with Crippen LogP contribution in [-0.2, 0) is 27.8 Å². The molecule has 0 amide bonds. The zero-order valence-electron chi connectivity index (χ0n) is 14.3. The molecule has 26 heavy (non-hydrogen) atoms. The molecule has 2 aromatic carbocycles. The van der Waals surface area contributed by atoms with Crippen molar-refractivity contribution < 1.29 is 23.1 Å². The van der Waals surface area contributed by atoms with Crippen LogP contribution in [0.3, 0.4) is 0 Å². The molecule has 1 heterocycles. The number of nitrogens with zero attached hydrogens (tertiary/aromatic N) is 1. The van der Waals surface area contributed by atoms with E-state index in [1.807, 2.05) is 24.3 Å². The van der Waals surface area contributed by atoms with Gasteiger partial charge in [0.25, 0.3) is 0 Å². The second kappa shape index (κ2) is 7.35. The maximum Gasteiger partial charge on any atom is 0.302 e. The highest BCUT2D eigenvalue weighted by Crippen LogP contribution is 2.32. The number of nitrogens with one attached hydrogen (secondary N) is 1. The number of rotatable bonds is 6. The van der Waals surface area contributed by atoms with E-state index >= 15 is 0 Å². The van der Waals surface area contributed by atoms with Crippen molar-refractivity contribution in [1.29, 1.82) is 0 Å². The molecule has 8 heteroatoms. The average molecular weight is 376 g/mol. The summed E-state index contributed by atoms with van der Waals surface area (Å²) in [6.45, 7) is -0.0391. The van der Waals surface area contributed by atoms with Crippen LogP contribution in [0, 0.1) is 0 Å². The van der Waals surface area contributed by atoms with Crippen LogP contribution in [0.4, 0.5) is 5.69 Å². The average Bonchev–Trinajstić information content (AvgIpc) is 2.94. The highest BCUT2D eigenvalue weighted by atomic mass is 32.2. The lowest BCUT2D eigenvalue weighted by Gasteiger charge is -2.17. The molecule has 3 rings (SSSR count). The van der Waals surface area contributed by atoms with Gasteiger partial charge in [-0.2, -0.15) is 13.1 Å². The molecule has 1 aliphatic rings. The van der Waals surface area contributed by atoms with E-state index < -0.39 is 16.3 Å². The Morgan fingerprint density at radius 1 is 1.23 bits per heavy atom. The van der Waals surface area contributed by atoms with E-state index in [9.17, 15) is 18.3 Å². The number of carbonyl (C=O) groups excluding carboxylic acids is 1. The lowest BCUT2D eigenvalue weighted by molar-refractivity contribution is -0.108. The predicted octanol–water partition coefficient (Wildman–Crippen LogP) is 1.41. The van der Waals surface area contributed by atoms with Gasteiger partial charge in [-0.1, -0.05) is 18.2 Å². The normalized spacial score (nSPS) is 18.7. The Hall–Kier alpha value is -2.58. The van der Waals surface area contributed by atoms with E-state index in [-0.39, 0.29) is 18.0 Å². The molecule has 0 aliphatic carbocycles. The van der Waals surface area contributed by atoms with E-state index in [4.69, 9.17) is 4.74 Å². The summed E-state index contributed by atoms with van der Waals surface area (Å²) >= 11 is 0. The SMILES string of the molecule is COc1cccc(CCc2ccc(N3CC(C=O)NS3(=O)=O)c(O)c2)c1. The minimum absolute atomic E-state index is 0.0391. The summed E-state index contributed by atoms with van der Waals surface area (Å²) < 4.78 is 32.6. The minimum Gasteiger partial charge on any atom is -0.506 e. The van der Waals surface area contributed by atoms with E-state index in [0.29, 0.717) is 12.7 Å². The first-order valence-electron chi connectivity index (χ1n) is 8.13. The van der Waals surface area contributed by atoms with E-state index in [1.165, 1.54) is 0 Å². The van der Waals surface area contributed by atoms with Crippen LogP contribution in [-0.4, -0.2) is 39.5 Å². The first kappa shape index (κ1) is 18.2. The largest absolute Gasteiger partial charge is 0.506 e. The van der Waals surface area contributed by atoms with Gasteiger partial charge < -0.3 is 14.6 Å². The maximum atomic E-state index is 12.1. The summed E-state index contributed by atoms with van der Waals surface area (Å²) in [4.78, 5) is 10.9. The number of aromatic hydroxyl groups is 1. The molecule has 1 saturated heterocycles. The van der Waals surface area contributed by atoms with Crippen molar-refractivity contribution in [2.75, 3.05) is 18.0 Å². The Morgan fingerprint density at radius 2 is 1.96 bits per heavy atom. The van der Waals surface area contributed by atoms with Gasteiger partial charge in [-0.25, -0.2) is 0 Å². The smallest absolute Gasteiger partial charge is 0.302 e. The van der Waals surface area contributed by atoms with Crippen LogP contribution in [0.25, 0.3) is 0 Å². The van der Waals surface area contributed by atoms with Gasteiger partial charge in [-0.05, 0) is 48.2 Å². The van der Waals surface area contributed by atoms with Gasteiger partial charge in [0, 0.05) is 0 Å². The zero-order chi connectivity index (χ0) is 18.7. The Morgan fingerprint density at radius 3 is 2.58 bits per heavy atom. The lowest BCUT2D eigenvalue weighted by atomic mass is 10.0. The fourth-order valence-corrected chi connectivity index (χ4v) is 4.33. The third-order valence-corrected chi connectivity index (χ3v) is 5.79. The number of phenolic OH excluding ortho intramolecular Hbond substituents is 1. The third kappa shape index (κ3) is 3.81. The Labute approximate surface area is 152 Å².